The summed E-state index contributed by atoms with van der Waals surface area (Å²) in [5.41, 5.74) is 5.74. The van der Waals surface area contributed by atoms with E-state index in [1.807, 2.05) is 13.0 Å². The smallest absolute Gasteiger partial charge is 0.338 e. The van der Waals surface area contributed by atoms with Gasteiger partial charge in [-0.05, 0) is 37.3 Å². The number of methoxy groups -OCH3 is 1. The molecule has 2 aromatic carbocycles. The largest absolute Gasteiger partial charge is 0.496 e. The molecule has 2 amide bonds. The highest BCUT2D eigenvalue weighted by molar-refractivity contribution is 6.31. The first-order valence-corrected chi connectivity index (χ1v) is 7.95. The predicted octanol–water partition coefficient (Wildman–Crippen LogP) is 2.28. The maximum Gasteiger partial charge on any atom is 0.338 e. The molecule has 8 heteroatoms. The molecule has 0 aromatic heterocycles. The summed E-state index contributed by atoms with van der Waals surface area (Å²) in [5, 5.41) is 0.342. The summed E-state index contributed by atoms with van der Waals surface area (Å²) in [5.74, 6) is -1.65. The normalized spacial score (nSPS) is 9.96. The first kappa shape index (κ1) is 19.3. The van der Waals surface area contributed by atoms with Crippen LogP contribution in [0, 0.1) is 6.92 Å². The topological polar surface area (TPSA) is 93.7 Å². The lowest BCUT2D eigenvalue weighted by molar-refractivity contribution is -0.125. The molecule has 0 unspecified atom stereocenters. The molecule has 0 radical (unpaired) electrons. The number of benzene rings is 2. The second-order valence-corrected chi connectivity index (χ2v) is 5.73. The van der Waals surface area contributed by atoms with Crippen molar-refractivity contribution in [3.8, 4) is 5.75 Å². The van der Waals surface area contributed by atoms with Crippen molar-refractivity contribution in [3.05, 3.63) is 64.2 Å². The Labute approximate surface area is 155 Å². The molecule has 26 heavy (non-hydrogen) atoms. The van der Waals surface area contributed by atoms with Crippen LogP contribution in [0.2, 0.25) is 5.02 Å². The summed E-state index contributed by atoms with van der Waals surface area (Å²) in [6.07, 6.45) is 0. The predicted molar refractivity (Wildman–Crippen MR) is 95.1 cm³/mol. The zero-order chi connectivity index (χ0) is 19.1. The third-order valence-electron chi connectivity index (χ3n) is 3.31. The Bertz CT molecular complexity index is 838. The molecule has 2 N–H and O–H groups in total. The summed E-state index contributed by atoms with van der Waals surface area (Å²) >= 11 is 5.85. The monoisotopic (exact) mass is 376 g/mol. The van der Waals surface area contributed by atoms with E-state index in [4.69, 9.17) is 21.1 Å². The Kier molecular flexibility index (Phi) is 6.57. The lowest BCUT2D eigenvalue weighted by Gasteiger charge is -2.11. The molecular formula is C18H17ClN2O5. The van der Waals surface area contributed by atoms with Gasteiger partial charge in [0.2, 0.25) is 0 Å². The second kappa shape index (κ2) is 8.87. The lowest BCUT2D eigenvalue weighted by Crippen LogP contribution is -2.43. The molecule has 7 nitrogen and oxygen atoms in total. The van der Waals surface area contributed by atoms with E-state index in [-0.39, 0.29) is 5.56 Å². The molecule has 0 saturated heterocycles. The van der Waals surface area contributed by atoms with E-state index >= 15 is 0 Å². The number of amides is 2. The van der Waals surface area contributed by atoms with Crippen LogP contribution in [0.5, 0.6) is 5.75 Å². The zero-order valence-electron chi connectivity index (χ0n) is 14.2. The van der Waals surface area contributed by atoms with Crippen molar-refractivity contribution in [1.29, 1.82) is 0 Å². The Morgan fingerprint density at radius 3 is 2.54 bits per heavy atom. The molecule has 2 rings (SSSR count). The van der Waals surface area contributed by atoms with E-state index in [1.165, 1.54) is 19.2 Å². The van der Waals surface area contributed by atoms with Crippen molar-refractivity contribution in [1.82, 2.24) is 10.9 Å². The van der Waals surface area contributed by atoms with Gasteiger partial charge < -0.3 is 9.47 Å². The summed E-state index contributed by atoms with van der Waals surface area (Å²) in [6, 6.07) is 11.3. The highest BCUT2D eigenvalue weighted by Gasteiger charge is 2.15. The molecular weight excluding hydrogens is 360 g/mol. The fourth-order valence-electron chi connectivity index (χ4n) is 2.07. The van der Waals surface area contributed by atoms with Crippen LogP contribution in [0.15, 0.2) is 42.5 Å². The molecule has 136 valence electrons. The van der Waals surface area contributed by atoms with Gasteiger partial charge in [-0.2, -0.15) is 0 Å². The van der Waals surface area contributed by atoms with Crippen LogP contribution in [0.25, 0.3) is 0 Å². The number of hydrogen-bond donors (Lipinski definition) is 2. The Balaban J connectivity index is 1.86. The van der Waals surface area contributed by atoms with Crippen molar-refractivity contribution >= 4 is 29.4 Å². The maximum absolute atomic E-state index is 12.1. The van der Waals surface area contributed by atoms with Crippen molar-refractivity contribution < 1.29 is 23.9 Å². The van der Waals surface area contributed by atoms with E-state index in [0.717, 1.165) is 5.56 Å². The molecule has 0 fully saturated rings. The Morgan fingerprint density at radius 1 is 1.08 bits per heavy atom. The molecule has 0 spiro atoms. The molecule has 0 heterocycles. The number of hydrogen-bond acceptors (Lipinski definition) is 5. The average Bonchev–Trinajstić information content (AvgIpc) is 2.64. The van der Waals surface area contributed by atoms with Gasteiger partial charge in [-0.15, -0.1) is 0 Å². The van der Waals surface area contributed by atoms with Gasteiger partial charge in [-0.1, -0.05) is 29.3 Å². The van der Waals surface area contributed by atoms with E-state index in [1.54, 1.807) is 24.3 Å². The van der Waals surface area contributed by atoms with Gasteiger partial charge in [-0.25, -0.2) is 4.79 Å². The quantitative estimate of drug-likeness (QED) is 0.616. The highest BCUT2D eigenvalue weighted by atomic mass is 35.5. The summed E-state index contributed by atoms with van der Waals surface area (Å²) in [6.45, 7) is 1.29. The molecule has 0 bridgehead atoms. The van der Waals surface area contributed by atoms with Crippen molar-refractivity contribution in [3.63, 3.8) is 0 Å². The van der Waals surface area contributed by atoms with Crippen LogP contribution in [0.1, 0.15) is 26.3 Å². The first-order chi connectivity index (χ1) is 12.4. The minimum atomic E-state index is -0.694. The van der Waals surface area contributed by atoms with Gasteiger partial charge in [0.1, 0.15) is 5.75 Å². The number of nitrogens with one attached hydrogen (secondary N) is 2. The molecule has 0 atom stereocenters. The van der Waals surface area contributed by atoms with Crippen LogP contribution in [-0.4, -0.2) is 31.5 Å². The van der Waals surface area contributed by atoms with Gasteiger partial charge >= 0.3 is 5.97 Å². The molecule has 0 saturated carbocycles. The fourth-order valence-corrected chi connectivity index (χ4v) is 2.25. The van der Waals surface area contributed by atoms with E-state index < -0.39 is 24.4 Å². The minimum Gasteiger partial charge on any atom is -0.496 e. The summed E-state index contributed by atoms with van der Waals surface area (Å²) < 4.78 is 9.96. The first-order valence-electron chi connectivity index (χ1n) is 7.57. The van der Waals surface area contributed by atoms with E-state index in [9.17, 15) is 14.4 Å². The number of esters is 1. The van der Waals surface area contributed by atoms with Crippen molar-refractivity contribution in [2.45, 2.75) is 6.92 Å². The number of ether oxygens (including phenoxy) is 2. The molecule has 0 aliphatic carbocycles. The highest BCUT2D eigenvalue weighted by Crippen LogP contribution is 2.22. The standard InChI is InChI=1S/C18H17ClN2O5/c1-11-4-3-5-12(8-11)18(24)26-10-16(22)20-21-17(23)14-9-13(19)6-7-15(14)25-2/h3-9H,10H2,1-2H3,(H,20,22)(H,21,23). The van der Waals surface area contributed by atoms with Gasteiger partial charge in [0.25, 0.3) is 11.8 Å². The molecule has 0 aliphatic heterocycles. The summed E-state index contributed by atoms with van der Waals surface area (Å²) in [7, 11) is 1.41. The number of rotatable bonds is 5. The number of aryl methyl sites for hydroxylation is 1. The summed E-state index contributed by atoms with van der Waals surface area (Å²) in [4.78, 5) is 35.7. The average molecular weight is 377 g/mol. The number of carbonyl (C=O) groups excluding carboxylic acids is 3. The number of hydrazine groups is 1. The molecule has 2 aromatic rings. The Morgan fingerprint density at radius 2 is 1.85 bits per heavy atom. The second-order valence-electron chi connectivity index (χ2n) is 5.29. The lowest BCUT2D eigenvalue weighted by atomic mass is 10.1. The number of halogens is 1. The van der Waals surface area contributed by atoms with Crippen LogP contribution >= 0.6 is 11.6 Å². The van der Waals surface area contributed by atoms with E-state index in [2.05, 4.69) is 10.9 Å². The van der Waals surface area contributed by atoms with Gasteiger partial charge in [0.05, 0.1) is 18.2 Å². The Hall–Kier alpha value is -3.06. The van der Waals surface area contributed by atoms with Crippen molar-refractivity contribution in [2.75, 3.05) is 13.7 Å². The van der Waals surface area contributed by atoms with Gasteiger partial charge in [0, 0.05) is 5.02 Å². The van der Waals surface area contributed by atoms with Crippen LogP contribution in [-0.2, 0) is 9.53 Å². The van der Waals surface area contributed by atoms with E-state index in [0.29, 0.717) is 16.3 Å². The van der Waals surface area contributed by atoms with Crippen molar-refractivity contribution in [2.24, 2.45) is 0 Å². The fraction of sp³-hybridized carbons (Fsp3) is 0.167. The SMILES string of the molecule is COc1ccc(Cl)cc1C(=O)NNC(=O)COC(=O)c1cccc(C)c1. The number of carbonyl (C=O) groups is 3. The zero-order valence-corrected chi connectivity index (χ0v) is 14.9. The third kappa shape index (κ3) is 5.22. The van der Waals surface area contributed by atoms with Gasteiger partial charge in [0.15, 0.2) is 6.61 Å². The minimum absolute atomic E-state index is 0.150. The van der Waals surface area contributed by atoms with Crippen LogP contribution in [0.3, 0.4) is 0 Å². The molecule has 0 aliphatic rings. The van der Waals surface area contributed by atoms with Crippen LogP contribution < -0.4 is 15.6 Å². The van der Waals surface area contributed by atoms with Crippen LogP contribution in [0.4, 0.5) is 0 Å². The van der Waals surface area contributed by atoms with Gasteiger partial charge in [-0.3, -0.25) is 20.4 Å². The third-order valence-corrected chi connectivity index (χ3v) is 3.54. The maximum atomic E-state index is 12.1.